The van der Waals surface area contributed by atoms with Gasteiger partial charge in [0, 0.05) is 42.9 Å². The molecule has 0 aliphatic rings. The molecule has 0 bridgehead atoms. The Balaban J connectivity index is 2.10. The highest BCUT2D eigenvalue weighted by Gasteiger charge is 2.13. The number of aromatic nitrogens is 2. The van der Waals surface area contributed by atoms with Crippen LogP contribution in [0, 0.1) is 11.6 Å². The Morgan fingerprint density at radius 2 is 2.04 bits per heavy atom. The smallest absolute Gasteiger partial charge is 0.257 e. The van der Waals surface area contributed by atoms with Crippen molar-refractivity contribution in [2.45, 2.75) is 6.54 Å². The van der Waals surface area contributed by atoms with E-state index in [9.17, 15) is 13.6 Å². The Hall–Kier alpha value is -3.26. The summed E-state index contributed by atoms with van der Waals surface area (Å²) in [6.45, 7) is 0.121. The van der Waals surface area contributed by atoms with Gasteiger partial charge in [0.25, 0.3) is 5.91 Å². The summed E-state index contributed by atoms with van der Waals surface area (Å²) in [5.41, 5.74) is 4.57. The van der Waals surface area contributed by atoms with Crippen molar-refractivity contribution in [1.82, 2.24) is 15.2 Å². The third-order valence-electron chi connectivity index (χ3n) is 4.15. The molecule has 3 aromatic rings. The maximum absolute atomic E-state index is 14.1. The zero-order chi connectivity index (χ0) is 19.6. The molecule has 0 spiro atoms. The van der Waals surface area contributed by atoms with E-state index in [4.69, 9.17) is 5.84 Å². The molecule has 0 unspecified atom stereocenters. The second-order valence-electron chi connectivity index (χ2n) is 6.22. The first kappa shape index (κ1) is 18.5. The van der Waals surface area contributed by atoms with Crippen molar-refractivity contribution in [3.05, 3.63) is 65.4 Å². The Bertz CT molecular complexity index is 1030. The van der Waals surface area contributed by atoms with Crippen molar-refractivity contribution in [3.8, 4) is 0 Å². The molecular weight excluding hydrogens is 352 g/mol. The van der Waals surface area contributed by atoms with Gasteiger partial charge in [0.05, 0.1) is 17.8 Å². The average molecular weight is 371 g/mol. The van der Waals surface area contributed by atoms with Gasteiger partial charge in [0.15, 0.2) is 0 Å². The molecule has 0 radical (unpaired) electrons. The number of nitrogens with one attached hydrogen (secondary N) is 1. The van der Waals surface area contributed by atoms with E-state index in [1.54, 1.807) is 4.68 Å². The molecule has 1 heterocycles. The molecule has 0 atom stereocenters. The number of benzene rings is 2. The topological polar surface area (TPSA) is 76.2 Å². The maximum Gasteiger partial charge on any atom is 0.257 e. The van der Waals surface area contributed by atoms with Crippen LogP contribution in [0.4, 0.5) is 14.5 Å². The van der Waals surface area contributed by atoms with Gasteiger partial charge in [-0.05, 0) is 30.3 Å². The first-order chi connectivity index (χ1) is 12.9. The molecule has 27 heavy (non-hydrogen) atoms. The number of nitrogens with two attached hydrogens (primary N) is 1. The number of carbonyl (C=O) groups excluding carboxylic acids is 1. The number of rotatable bonds is 5. The molecule has 140 valence electrons. The van der Waals surface area contributed by atoms with E-state index in [2.05, 4.69) is 5.10 Å². The van der Waals surface area contributed by atoms with Crippen LogP contribution < -0.4 is 16.2 Å². The summed E-state index contributed by atoms with van der Waals surface area (Å²) in [7, 11) is 3.82. The van der Waals surface area contributed by atoms with E-state index in [1.807, 2.05) is 42.6 Å². The minimum atomic E-state index is -0.637. The molecule has 3 rings (SSSR count). The fourth-order valence-electron chi connectivity index (χ4n) is 2.72. The molecule has 8 heteroatoms. The van der Waals surface area contributed by atoms with E-state index in [0.717, 1.165) is 22.7 Å². The lowest BCUT2D eigenvalue weighted by Gasteiger charge is -2.13. The van der Waals surface area contributed by atoms with Gasteiger partial charge in [-0.15, -0.1) is 0 Å². The van der Waals surface area contributed by atoms with Crippen LogP contribution >= 0.6 is 0 Å². The minimum absolute atomic E-state index is 0.121. The Kier molecular flexibility index (Phi) is 5.18. The zero-order valence-electron chi connectivity index (χ0n) is 14.9. The predicted octanol–water partition coefficient (Wildman–Crippen LogP) is 2.43. The molecule has 0 saturated carbocycles. The van der Waals surface area contributed by atoms with Crippen molar-refractivity contribution in [1.29, 1.82) is 0 Å². The normalized spacial score (nSPS) is 11.3. The van der Waals surface area contributed by atoms with Crippen LogP contribution in [-0.2, 0) is 11.3 Å². The number of fused-ring (bicyclic) bond motifs is 1. The lowest BCUT2D eigenvalue weighted by Crippen LogP contribution is -2.27. The molecule has 0 saturated heterocycles. The highest BCUT2D eigenvalue weighted by atomic mass is 19.1. The molecule has 0 aliphatic carbocycles. The largest absolute Gasteiger partial charge is 0.378 e. The van der Waals surface area contributed by atoms with Crippen molar-refractivity contribution in [2.75, 3.05) is 19.0 Å². The quantitative estimate of drug-likeness (QED) is 0.313. The van der Waals surface area contributed by atoms with Gasteiger partial charge in [-0.3, -0.25) is 14.9 Å². The van der Waals surface area contributed by atoms with E-state index >= 15 is 0 Å². The van der Waals surface area contributed by atoms with Crippen LogP contribution in [0.3, 0.4) is 0 Å². The summed E-state index contributed by atoms with van der Waals surface area (Å²) in [6.07, 6.45) is 2.81. The first-order valence-corrected chi connectivity index (χ1v) is 8.19. The van der Waals surface area contributed by atoms with Gasteiger partial charge in [0.2, 0.25) is 0 Å². The van der Waals surface area contributed by atoms with E-state index in [0.29, 0.717) is 11.3 Å². The van der Waals surface area contributed by atoms with Crippen LogP contribution in [0.1, 0.15) is 11.3 Å². The zero-order valence-corrected chi connectivity index (χ0v) is 14.9. The number of carbonyl (C=O) groups is 1. The third kappa shape index (κ3) is 3.95. The summed E-state index contributed by atoms with van der Waals surface area (Å²) in [5, 5.41) is 5.28. The summed E-state index contributed by atoms with van der Waals surface area (Å²) < 4.78 is 28.9. The van der Waals surface area contributed by atoms with Gasteiger partial charge >= 0.3 is 0 Å². The number of hydrazine groups is 1. The Morgan fingerprint density at radius 1 is 1.26 bits per heavy atom. The van der Waals surface area contributed by atoms with Crippen molar-refractivity contribution < 1.29 is 13.6 Å². The molecule has 3 N–H and O–H groups in total. The molecular formula is C19H19F2N5O. The molecule has 1 amide bonds. The second-order valence-corrected chi connectivity index (χ2v) is 6.22. The van der Waals surface area contributed by atoms with Gasteiger partial charge in [-0.2, -0.15) is 5.10 Å². The van der Waals surface area contributed by atoms with Crippen molar-refractivity contribution in [2.24, 2.45) is 5.84 Å². The minimum Gasteiger partial charge on any atom is -0.378 e. The van der Waals surface area contributed by atoms with Gasteiger partial charge < -0.3 is 4.90 Å². The average Bonchev–Trinajstić information content (AvgIpc) is 2.99. The lowest BCUT2D eigenvalue weighted by molar-refractivity contribution is -0.116. The number of halogens is 2. The van der Waals surface area contributed by atoms with Gasteiger partial charge in [0.1, 0.15) is 11.6 Å². The molecule has 0 fully saturated rings. The van der Waals surface area contributed by atoms with E-state index in [-0.39, 0.29) is 6.54 Å². The number of hydrogen-bond acceptors (Lipinski definition) is 4. The molecule has 2 aromatic carbocycles. The van der Waals surface area contributed by atoms with Crippen LogP contribution in [-0.4, -0.2) is 29.8 Å². The van der Waals surface area contributed by atoms with Crippen LogP contribution in [0.25, 0.3) is 17.0 Å². The van der Waals surface area contributed by atoms with Crippen molar-refractivity contribution in [3.63, 3.8) is 0 Å². The third-order valence-corrected chi connectivity index (χ3v) is 4.15. The second kappa shape index (κ2) is 7.55. The standard InChI is InChI=1S/C19H19F2N5O/c1-25(2)14-5-6-15-17(7-8-19(27)23-22)24-26(18(15)10-14)11-12-3-4-13(20)9-16(12)21/h3-10H,11,22H2,1-2H3,(H,23,27). The van der Waals surface area contributed by atoms with Gasteiger partial charge in [-0.1, -0.05) is 6.07 Å². The summed E-state index contributed by atoms with van der Waals surface area (Å²) in [4.78, 5) is 13.3. The lowest BCUT2D eigenvalue weighted by atomic mass is 10.1. The fourth-order valence-corrected chi connectivity index (χ4v) is 2.72. The fraction of sp³-hybridized carbons (Fsp3) is 0.158. The summed E-state index contributed by atoms with van der Waals surface area (Å²) in [6, 6.07) is 9.18. The number of amides is 1. The summed E-state index contributed by atoms with van der Waals surface area (Å²) >= 11 is 0. The predicted molar refractivity (Wildman–Crippen MR) is 101 cm³/mol. The SMILES string of the molecule is CN(C)c1ccc2c(C=CC(=O)NN)nn(Cc3ccc(F)cc3F)c2c1. The maximum atomic E-state index is 14.1. The molecule has 6 nitrogen and oxygen atoms in total. The van der Waals surface area contributed by atoms with Crippen molar-refractivity contribution >= 4 is 28.6 Å². The molecule has 1 aromatic heterocycles. The molecule has 0 aliphatic heterocycles. The van der Waals surface area contributed by atoms with Crippen LogP contribution in [0.5, 0.6) is 0 Å². The summed E-state index contributed by atoms with van der Waals surface area (Å²) in [5.74, 6) is 3.35. The van der Waals surface area contributed by atoms with E-state index < -0.39 is 17.5 Å². The van der Waals surface area contributed by atoms with E-state index in [1.165, 1.54) is 24.3 Å². The monoisotopic (exact) mass is 371 g/mol. The van der Waals surface area contributed by atoms with Crippen LogP contribution in [0.2, 0.25) is 0 Å². The number of nitrogens with zero attached hydrogens (tertiary/aromatic N) is 3. The number of anilines is 1. The highest BCUT2D eigenvalue weighted by Crippen LogP contribution is 2.26. The number of hydrogen-bond donors (Lipinski definition) is 2. The Labute approximate surface area is 154 Å². The van der Waals surface area contributed by atoms with Crippen LogP contribution in [0.15, 0.2) is 42.5 Å². The van der Waals surface area contributed by atoms with Gasteiger partial charge in [-0.25, -0.2) is 14.6 Å². The first-order valence-electron chi connectivity index (χ1n) is 8.19. The Morgan fingerprint density at radius 3 is 2.70 bits per heavy atom. The highest BCUT2D eigenvalue weighted by molar-refractivity contribution is 5.95.